The molecule has 2 heterocycles. The Bertz CT molecular complexity index is 654. The highest BCUT2D eigenvalue weighted by Crippen LogP contribution is 2.26. The Balaban J connectivity index is 1.94. The number of nitrogens with zero attached hydrogens (tertiary/aromatic N) is 2. The number of carbonyl (C=O) groups is 1. The van der Waals surface area contributed by atoms with Crippen molar-refractivity contribution >= 4 is 5.91 Å². The SMILES string of the molecule is Cc1ccc(C(=O)N2CCCCC2)cc1-c1nc[nH]c1C. The lowest BCUT2D eigenvalue weighted by molar-refractivity contribution is 0.0724. The predicted molar refractivity (Wildman–Crippen MR) is 83.3 cm³/mol. The van der Waals surface area contributed by atoms with Crippen molar-refractivity contribution in [2.75, 3.05) is 13.1 Å². The highest BCUT2D eigenvalue weighted by molar-refractivity contribution is 5.95. The number of hydrogen-bond acceptors (Lipinski definition) is 2. The summed E-state index contributed by atoms with van der Waals surface area (Å²) in [5.41, 5.74) is 4.90. The van der Waals surface area contributed by atoms with E-state index in [0.717, 1.165) is 54.0 Å². The van der Waals surface area contributed by atoms with Gasteiger partial charge in [-0.25, -0.2) is 4.98 Å². The number of aromatic amines is 1. The second kappa shape index (κ2) is 5.72. The number of rotatable bonds is 2. The topological polar surface area (TPSA) is 49.0 Å². The molecule has 0 radical (unpaired) electrons. The molecule has 1 aromatic heterocycles. The van der Waals surface area contributed by atoms with E-state index >= 15 is 0 Å². The molecule has 0 atom stereocenters. The number of imidazole rings is 1. The summed E-state index contributed by atoms with van der Waals surface area (Å²) in [6.07, 6.45) is 5.16. The fourth-order valence-corrected chi connectivity index (χ4v) is 2.92. The first-order valence-corrected chi connectivity index (χ1v) is 7.57. The van der Waals surface area contributed by atoms with Crippen molar-refractivity contribution < 1.29 is 4.79 Å². The number of piperidine rings is 1. The maximum atomic E-state index is 12.6. The largest absolute Gasteiger partial charge is 0.348 e. The van der Waals surface area contributed by atoms with Gasteiger partial charge in [0.05, 0.1) is 12.0 Å². The van der Waals surface area contributed by atoms with Gasteiger partial charge in [0, 0.05) is 29.9 Å². The third kappa shape index (κ3) is 2.71. The van der Waals surface area contributed by atoms with Gasteiger partial charge in [-0.15, -0.1) is 0 Å². The molecule has 21 heavy (non-hydrogen) atoms. The molecule has 0 unspecified atom stereocenters. The first-order valence-electron chi connectivity index (χ1n) is 7.57. The molecule has 3 rings (SSSR count). The number of likely N-dealkylation sites (tertiary alicyclic amines) is 1. The Morgan fingerprint density at radius 2 is 1.95 bits per heavy atom. The molecular weight excluding hydrogens is 262 g/mol. The van der Waals surface area contributed by atoms with Crippen LogP contribution in [0.3, 0.4) is 0 Å². The molecule has 1 N–H and O–H groups in total. The van der Waals surface area contributed by atoms with Crippen LogP contribution in [0.1, 0.15) is 40.9 Å². The molecule has 1 fully saturated rings. The van der Waals surface area contributed by atoms with Crippen molar-refractivity contribution in [1.29, 1.82) is 0 Å². The zero-order valence-corrected chi connectivity index (χ0v) is 12.6. The molecule has 0 aliphatic carbocycles. The number of amides is 1. The standard InChI is InChI=1S/C17H21N3O/c1-12-6-7-14(17(21)20-8-4-3-5-9-20)10-15(12)16-13(2)18-11-19-16/h6-7,10-11H,3-5,8-9H2,1-2H3,(H,18,19). The first kappa shape index (κ1) is 13.9. The third-order valence-electron chi connectivity index (χ3n) is 4.21. The second-order valence-corrected chi connectivity index (χ2v) is 5.76. The molecular formula is C17H21N3O. The maximum absolute atomic E-state index is 12.6. The van der Waals surface area contributed by atoms with Gasteiger partial charge in [-0.2, -0.15) is 0 Å². The number of nitrogens with one attached hydrogen (secondary N) is 1. The summed E-state index contributed by atoms with van der Waals surface area (Å²) in [6, 6.07) is 5.92. The molecule has 1 amide bonds. The van der Waals surface area contributed by atoms with Gasteiger partial charge >= 0.3 is 0 Å². The molecule has 0 spiro atoms. The van der Waals surface area contributed by atoms with Crippen molar-refractivity contribution in [2.45, 2.75) is 33.1 Å². The zero-order valence-electron chi connectivity index (χ0n) is 12.6. The molecule has 0 saturated carbocycles. The van der Waals surface area contributed by atoms with Crippen LogP contribution in [0, 0.1) is 13.8 Å². The Hall–Kier alpha value is -2.10. The molecule has 2 aromatic rings. The zero-order chi connectivity index (χ0) is 14.8. The smallest absolute Gasteiger partial charge is 0.253 e. The maximum Gasteiger partial charge on any atom is 0.253 e. The van der Waals surface area contributed by atoms with Gasteiger partial charge in [0.1, 0.15) is 0 Å². The minimum absolute atomic E-state index is 0.143. The van der Waals surface area contributed by atoms with Crippen molar-refractivity contribution in [2.24, 2.45) is 0 Å². The minimum Gasteiger partial charge on any atom is -0.348 e. The molecule has 1 aromatic carbocycles. The van der Waals surface area contributed by atoms with Crippen LogP contribution in [-0.4, -0.2) is 33.9 Å². The molecule has 1 saturated heterocycles. The van der Waals surface area contributed by atoms with E-state index in [0.29, 0.717) is 0 Å². The van der Waals surface area contributed by atoms with Gasteiger partial charge in [0.15, 0.2) is 0 Å². The van der Waals surface area contributed by atoms with Crippen molar-refractivity contribution in [1.82, 2.24) is 14.9 Å². The number of hydrogen-bond donors (Lipinski definition) is 1. The van der Waals surface area contributed by atoms with Gasteiger partial charge in [-0.3, -0.25) is 4.79 Å². The highest BCUT2D eigenvalue weighted by atomic mass is 16.2. The summed E-state index contributed by atoms with van der Waals surface area (Å²) < 4.78 is 0. The minimum atomic E-state index is 0.143. The van der Waals surface area contributed by atoms with E-state index in [1.807, 2.05) is 30.0 Å². The third-order valence-corrected chi connectivity index (χ3v) is 4.21. The van der Waals surface area contributed by atoms with E-state index < -0.39 is 0 Å². The van der Waals surface area contributed by atoms with Crippen molar-refractivity contribution in [3.8, 4) is 11.3 Å². The molecule has 110 valence electrons. The number of aryl methyl sites for hydroxylation is 2. The quantitative estimate of drug-likeness (QED) is 0.919. The summed E-state index contributed by atoms with van der Waals surface area (Å²) in [5, 5.41) is 0. The molecule has 4 heteroatoms. The molecule has 4 nitrogen and oxygen atoms in total. The van der Waals surface area contributed by atoms with Crippen LogP contribution in [0.4, 0.5) is 0 Å². The van der Waals surface area contributed by atoms with E-state index in [9.17, 15) is 4.79 Å². The summed E-state index contributed by atoms with van der Waals surface area (Å²) in [7, 11) is 0. The van der Waals surface area contributed by atoms with Crippen LogP contribution >= 0.6 is 0 Å². The molecule has 0 bridgehead atoms. The summed E-state index contributed by atoms with van der Waals surface area (Å²) in [5.74, 6) is 0.143. The number of carbonyl (C=O) groups excluding carboxylic acids is 1. The van der Waals surface area contributed by atoms with Gasteiger partial charge in [-0.1, -0.05) is 6.07 Å². The van der Waals surface area contributed by atoms with Crippen molar-refractivity contribution in [3.05, 3.63) is 41.3 Å². The van der Waals surface area contributed by atoms with Crippen LogP contribution in [-0.2, 0) is 0 Å². The van der Waals surface area contributed by atoms with E-state index in [4.69, 9.17) is 0 Å². The van der Waals surface area contributed by atoms with Gasteiger partial charge in [-0.05, 0) is 50.8 Å². The Labute approximate surface area is 125 Å². The monoisotopic (exact) mass is 283 g/mol. The summed E-state index contributed by atoms with van der Waals surface area (Å²) >= 11 is 0. The molecule has 1 aliphatic rings. The normalized spacial score (nSPS) is 15.2. The Morgan fingerprint density at radius 3 is 2.62 bits per heavy atom. The fourth-order valence-electron chi connectivity index (χ4n) is 2.92. The van der Waals surface area contributed by atoms with Crippen LogP contribution in [0.25, 0.3) is 11.3 Å². The number of aromatic nitrogens is 2. The van der Waals surface area contributed by atoms with Crippen LogP contribution in [0.15, 0.2) is 24.5 Å². The van der Waals surface area contributed by atoms with E-state index in [1.165, 1.54) is 6.42 Å². The predicted octanol–water partition coefficient (Wildman–Crippen LogP) is 3.32. The highest BCUT2D eigenvalue weighted by Gasteiger charge is 2.19. The van der Waals surface area contributed by atoms with Crippen LogP contribution in [0.5, 0.6) is 0 Å². The van der Waals surface area contributed by atoms with Gasteiger partial charge < -0.3 is 9.88 Å². The number of benzene rings is 1. The van der Waals surface area contributed by atoms with E-state index in [-0.39, 0.29) is 5.91 Å². The lowest BCUT2D eigenvalue weighted by Gasteiger charge is -2.27. The average Bonchev–Trinajstić information content (AvgIpc) is 2.94. The average molecular weight is 283 g/mol. The Kier molecular flexibility index (Phi) is 3.78. The molecule has 1 aliphatic heterocycles. The van der Waals surface area contributed by atoms with E-state index in [2.05, 4.69) is 16.9 Å². The fraction of sp³-hybridized carbons (Fsp3) is 0.412. The van der Waals surface area contributed by atoms with Gasteiger partial charge in [0.2, 0.25) is 0 Å². The van der Waals surface area contributed by atoms with E-state index in [1.54, 1.807) is 6.33 Å². The van der Waals surface area contributed by atoms with Crippen molar-refractivity contribution in [3.63, 3.8) is 0 Å². The summed E-state index contributed by atoms with van der Waals surface area (Å²) in [4.78, 5) is 22.1. The first-order chi connectivity index (χ1) is 10.2. The van der Waals surface area contributed by atoms with Crippen LogP contribution < -0.4 is 0 Å². The number of H-pyrrole nitrogens is 1. The lowest BCUT2D eigenvalue weighted by Crippen LogP contribution is -2.35. The van der Waals surface area contributed by atoms with Gasteiger partial charge in [0.25, 0.3) is 5.91 Å². The van der Waals surface area contributed by atoms with Crippen LogP contribution in [0.2, 0.25) is 0 Å². The second-order valence-electron chi connectivity index (χ2n) is 5.76. The Morgan fingerprint density at radius 1 is 1.19 bits per heavy atom. The summed E-state index contributed by atoms with van der Waals surface area (Å²) in [6.45, 7) is 5.81. The lowest BCUT2D eigenvalue weighted by atomic mass is 10.00.